The number of hydrogen-bond donors (Lipinski definition) is 7. The van der Waals surface area contributed by atoms with Gasteiger partial charge in [0.25, 0.3) is 0 Å². The predicted octanol–water partition coefficient (Wildman–Crippen LogP) is 4.15. The summed E-state index contributed by atoms with van der Waals surface area (Å²) in [4.78, 5) is 55.1. The Morgan fingerprint density at radius 3 is 1.75 bits per heavy atom. The number of carboxylic acid groups (broad SMARTS) is 2. The number of thiol groups is 1. The summed E-state index contributed by atoms with van der Waals surface area (Å²) >= 11 is 4.20. The Bertz CT molecular complexity index is 1590. The third-order valence-corrected chi connectivity index (χ3v) is 9.28. The molecule has 0 saturated carbocycles. The minimum absolute atomic E-state index is 0.0282. The van der Waals surface area contributed by atoms with E-state index in [9.17, 15) is 29.4 Å². The van der Waals surface area contributed by atoms with Gasteiger partial charge in [-0.2, -0.15) is 12.6 Å². The molecule has 0 bridgehead atoms. The highest BCUT2D eigenvalue weighted by Gasteiger charge is 2.31. The van der Waals surface area contributed by atoms with Crippen LogP contribution < -0.4 is 10.6 Å². The molecule has 2 aromatic heterocycles. The fourth-order valence-electron chi connectivity index (χ4n) is 6.56. The van der Waals surface area contributed by atoms with Crippen LogP contribution in [0.25, 0.3) is 0 Å². The summed E-state index contributed by atoms with van der Waals surface area (Å²) in [7, 11) is 0. The molecule has 0 unspecified atom stereocenters. The van der Waals surface area contributed by atoms with Crippen LogP contribution in [0.2, 0.25) is 0 Å². The van der Waals surface area contributed by atoms with Gasteiger partial charge in [0.15, 0.2) is 0 Å². The molecule has 4 heterocycles. The van der Waals surface area contributed by atoms with Crippen molar-refractivity contribution < 1.29 is 29.4 Å². The van der Waals surface area contributed by atoms with E-state index in [-0.39, 0.29) is 36.7 Å². The van der Waals surface area contributed by atoms with Crippen molar-refractivity contribution in [3.63, 3.8) is 0 Å². The van der Waals surface area contributed by atoms with Crippen molar-refractivity contribution in [1.29, 1.82) is 0 Å². The summed E-state index contributed by atoms with van der Waals surface area (Å²) in [6, 6.07) is -0.390. The van der Waals surface area contributed by atoms with Crippen molar-refractivity contribution in [1.82, 2.24) is 20.6 Å². The third kappa shape index (κ3) is 6.88. The zero-order valence-corrected chi connectivity index (χ0v) is 26.8. The first-order chi connectivity index (χ1) is 20.9. The zero-order valence-electron chi connectivity index (χ0n) is 25.9. The molecule has 2 aromatic rings. The number of nitrogens with one attached hydrogen (secondary N) is 4. The number of rotatable bonds is 14. The molecule has 2 amide bonds. The molecule has 0 aromatic carbocycles. The Hall–Kier alpha value is -3.99. The van der Waals surface area contributed by atoms with E-state index in [0.717, 1.165) is 61.7 Å². The molecular formula is C33H42N4O6S. The second kappa shape index (κ2) is 13.8. The monoisotopic (exact) mass is 622 g/mol. The minimum Gasteiger partial charge on any atom is -0.481 e. The summed E-state index contributed by atoms with van der Waals surface area (Å²) in [5.74, 6) is -1.95. The molecule has 2 atom stereocenters. The SMILES string of the molecule is CCC1=C(C)[C@@H](Cc2[nH]c(Cc3[nH]c(C[C@@H]4NC(=O)C(C)=C4/C=C/S)c(C)c3CCC(=O)O)c(CCC(=O)O)c2C)NC1=O. The van der Waals surface area contributed by atoms with Crippen molar-refractivity contribution in [3.05, 3.63) is 78.8 Å². The van der Waals surface area contributed by atoms with Gasteiger partial charge in [0.1, 0.15) is 0 Å². The highest BCUT2D eigenvalue weighted by molar-refractivity contribution is 7.83. The first kappa shape index (κ1) is 32.9. The van der Waals surface area contributed by atoms with Crippen LogP contribution in [-0.4, -0.2) is 56.0 Å². The molecular weight excluding hydrogens is 580 g/mol. The number of hydrogen-bond acceptors (Lipinski definition) is 5. The number of H-pyrrole nitrogens is 2. The maximum absolute atomic E-state index is 12.5. The maximum atomic E-state index is 12.5. The van der Waals surface area contributed by atoms with Gasteiger partial charge in [-0.15, -0.1) is 0 Å². The normalized spacial score (nSPS) is 18.6. The standard InChI is InChI=1S/C33H42N4O6S/c1-6-20-16(2)26(36-33(20)43)13-24-17(3)21(7-9-30(38)39)27(34-24)15-28-22(8-10-31(40)41)18(4)25(35-28)14-29-23(11-12-44)19(5)32(42)37-29/h11-12,26,29,34-35,44H,6-10,13-15H2,1-5H3,(H,36,43)(H,37,42)(H,38,39)(H,40,41)/b12-11+/t26-,29+/m1/s1. The molecule has 6 N–H and O–H groups in total. The molecule has 0 radical (unpaired) electrons. The molecule has 11 heteroatoms. The molecule has 0 fully saturated rings. The number of carbonyl (C=O) groups is 4. The molecule has 0 saturated heterocycles. The average molecular weight is 623 g/mol. The van der Waals surface area contributed by atoms with E-state index in [2.05, 4.69) is 33.2 Å². The Balaban J connectivity index is 1.71. The fraction of sp³-hybridized carbons (Fsp3) is 0.455. The second-order valence-corrected chi connectivity index (χ2v) is 12.0. The van der Waals surface area contributed by atoms with Crippen LogP contribution in [0, 0.1) is 13.8 Å². The van der Waals surface area contributed by atoms with Crippen LogP contribution in [0.3, 0.4) is 0 Å². The van der Waals surface area contributed by atoms with Gasteiger partial charge in [0.05, 0.1) is 12.1 Å². The smallest absolute Gasteiger partial charge is 0.303 e. The summed E-state index contributed by atoms with van der Waals surface area (Å²) in [6.45, 7) is 9.67. The molecule has 2 aliphatic rings. The Kier molecular flexibility index (Phi) is 10.3. The molecule has 0 spiro atoms. The van der Waals surface area contributed by atoms with E-state index in [0.29, 0.717) is 44.1 Å². The number of aliphatic carboxylic acids is 2. The highest BCUT2D eigenvalue weighted by atomic mass is 32.1. The van der Waals surface area contributed by atoms with Crippen LogP contribution in [0.15, 0.2) is 33.8 Å². The minimum atomic E-state index is -0.894. The largest absolute Gasteiger partial charge is 0.481 e. The summed E-state index contributed by atoms with van der Waals surface area (Å²) < 4.78 is 0. The predicted molar refractivity (Wildman–Crippen MR) is 171 cm³/mol. The van der Waals surface area contributed by atoms with E-state index >= 15 is 0 Å². The highest BCUT2D eigenvalue weighted by Crippen LogP contribution is 2.31. The number of amides is 2. The number of carboxylic acids is 2. The van der Waals surface area contributed by atoms with Crippen LogP contribution in [0.5, 0.6) is 0 Å². The van der Waals surface area contributed by atoms with Gasteiger partial charge in [-0.05, 0) is 85.8 Å². The molecule has 0 aliphatic carbocycles. The first-order valence-corrected chi connectivity index (χ1v) is 15.5. The van der Waals surface area contributed by atoms with E-state index < -0.39 is 11.9 Å². The molecule has 2 aliphatic heterocycles. The molecule has 10 nitrogen and oxygen atoms in total. The first-order valence-electron chi connectivity index (χ1n) is 15.0. The van der Waals surface area contributed by atoms with E-state index in [4.69, 9.17) is 0 Å². The summed E-state index contributed by atoms with van der Waals surface area (Å²) in [6.07, 6.45) is 4.56. The van der Waals surface area contributed by atoms with Crippen molar-refractivity contribution >= 4 is 36.4 Å². The van der Waals surface area contributed by atoms with E-state index in [1.165, 1.54) is 0 Å². The van der Waals surface area contributed by atoms with Crippen LogP contribution >= 0.6 is 12.6 Å². The van der Waals surface area contributed by atoms with E-state index in [1.807, 2.05) is 33.8 Å². The van der Waals surface area contributed by atoms with Crippen LogP contribution in [-0.2, 0) is 51.3 Å². The third-order valence-electron chi connectivity index (χ3n) is 9.13. The van der Waals surface area contributed by atoms with Crippen molar-refractivity contribution in [2.75, 3.05) is 0 Å². The van der Waals surface area contributed by atoms with Crippen molar-refractivity contribution in [2.24, 2.45) is 0 Å². The van der Waals surface area contributed by atoms with Gasteiger partial charge in [0.2, 0.25) is 11.8 Å². The van der Waals surface area contributed by atoms with Crippen LogP contribution in [0.4, 0.5) is 0 Å². The van der Waals surface area contributed by atoms with Gasteiger partial charge in [-0.3, -0.25) is 19.2 Å². The maximum Gasteiger partial charge on any atom is 0.303 e. The molecule has 4 rings (SSSR count). The quantitative estimate of drug-likeness (QED) is 0.157. The van der Waals surface area contributed by atoms with Gasteiger partial charge in [0, 0.05) is 66.0 Å². The average Bonchev–Trinajstić information content (AvgIpc) is 3.60. The number of aromatic nitrogens is 2. The Morgan fingerprint density at radius 1 is 0.795 bits per heavy atom. The van der Waals surface area contributed by atoms with E-state index in [1.54, 1.807) is 12.3 Å². The lowest BCUT2D eigenvalue weighted by Crippen LogP contribution is -2.30. The van der Waals surface area contributed by atoms with Crippen molar-refractivity contribution in [3.8, 4) is 0 Å². The van der Waals surface area contributed by atoms with Gasteiger partial charge in [-0.25, -0.2) is 0 Å². The second-order valence-electron chi connectivity index (χ2n) is 11.7. The summed E-state index contributed by atoms with van der Waals surface area (Å²) in [5, 5.41) is 26.7. The Labute approximate surface area is 262 Å². The van der Waals surface area contributed by atoms with Gasteiger partial charge < -0.3 is 30.8 Å². The number of aromatic amines is 2. The van der Waals surface area contributed by atoms with Gasteiger partial charge >= 0.3 is 11.9 Å². The lowest BCUT2D eigenvalue weighted by molar-refractivity contribution is -0.138. The number of carbonyl (C=O) groups excluding carboxylic acids is 2. The fourth-order valence-corrected chi connectivity index (χ4v) is 6.72. The Morgan fingerprint density at radius 2 is 1.30 bits per heavy atom. The molecule has 236 valence electrons. The lowest BCUT2D eigenvalue weighted by Gasteiger charge is -2.13. The van der Waals surface area contributed by atoms with Crippen molar-refractivity contribution in [2.45, 2.75) is 98.1 Å². The zero-order chi connectivity index (χ0) is 32.3. The molecule has 44 heavy (non-hydrogen) atoms. The lowest BCUT2D eigenvalue weighted by atomic mass is 9.96. The van der Waals surface area contributed by atoms with Crippen LogP contribution in [0.1, 0.15) is 85.1 Å². The van der Waals surface area contributed by atoms with Gasteiger partial charge in [-0.1, -0.05) is 13.0 Å². The topological polar surface area (TPSA) is 164 Å². The summed E-state index contributed by atoms with van der Waals surface area (Å²) in [5.41, 5.74) is 10.7.